The zero-order chi connectivity index (χ0) is 20.4. The maximum atomic E-state index is 10.8. The second-order valence-electron chi connectivity index (χ2n) is 4.70. The van der Waals surface area contributed by atoms with Gasteiger partial charge < -0.3 is 24.8 Å². The van der Waals surface area contributed by atoms with Gasteiger partial charge in [0, 0.05) is 19.7 Å². The lowest BCUT2D eigenvalue weighted by atomic mass is 10.2. The van der Waals surface area contributed by atoms with Crippen molar-refractivity contribution < 1.29 is 28.6 Å². The highest BCUT2D eigenvalue weighted by molar-refractivity contribution is 5.86. The predicted octanol–water partition coefficient (Wildman–Crippen LogP) is 2.43. The Morgan fingerprint density at radius 2 is 1.46 bits per heavy atom. The molecule has 0 saturated heterocycles. The third kappa shape index (κ3) is 17.3. The Balaban J connectivity index is 0. The third-order valence-electron chi connectivity index (χ3n) is 2.43. The summed E-state index contributed by atoms with van der Waals surface area (Å²) in [6.07, 6.45) is -0.957. The van der Waals surface area contributed by atoms with Crippen LogP contribution < -0.4 is 10.6 Å². The van der Waals surface area contributed by atoms with E-state index in [1.54, 1.807) is 6.92 Å². The Labute approximate surface area is 154 Å². The molecule has 0 unspecified atom stereocenters. The first-order chi connectivity index (χ1) is 12.3. The molecular weight excluding hydrogens is 340 g/mol. The molecule has 0 saturated carbocycles. The molecule has 2 amide bonds. The summed E-state index contributed by atoms with van der Waals surface area (Å²) in [6, 6.07) is 10.3. The maximum absolute atomic E-state index is 10.8. The fourth-order valence-electron chi connectivity index (χ4n) is 1.10. The minimum absolute atomic E-state index is 0.0404. The Morgan fingerprint density at radius 1 is 0.962 bits per heavy atom. The molecular formula is C18H28N2O6. The molecule has 0 fully saturated rings. The van der Waals surface area contributed by atoms with Crippen LogP contribution in [0.15, 0.2) is 42.5 Å². The van der Waals surface area contributed by atoms with Crippen molar-refractivity contribution in [3.8, 4) is 0 Å². The molecule has 1 aromatic carbocycles. The smallest absolute Gasteiger partial charge is 0.406 e. The molecule has 0 aromatic heterocycles. The molecule has 0 bridgehead atoms. The average molecular weight is 368 g/mol. The van der Waals surface area contributed by atoms with Gasteiger partial charge in [-0.3, -0.25) is 0 Å². The standard InChI is InChI=1S/C8H13NO4.C7H8.C3H7NO2/c1-6(2)7(10)12-4-5-13-8(11)9-3;1-7-5-3-2-4-6-7;1-4-3(5)6-2/h1,4-5H2,2-3H3,(H,9,11);2-6H,1H3;1-2H3,(H,4,5). The SMILES string of the molecule is C=C(C)C(=O)OCCOC(=O)NC.CNC(=O)OC.Cc1ccccc1. The second kappa shape index (κ2) is 16.8. The fourth-order valence-corrected chi connectivity index (χ4v) is 1.10. The van der Waals surface area contributed by atoms with Crippen LogP contribution in [-0.2, 0) is 19.0 Å². The van der Waals surface area contributed by atoms with Gasteiger partial charge in [0.15, 0.2) is 0 Å². The number of ether oxygens (including phenoxy) is 3. The van der Waals surface area contributed by atoms with E-state index in [1.807, 2.05) is 18.2 Å². The van der Waals surface area contributed by atoms with Crippen LogP contribution in [0.25, 0.3) is 0 Å². The zero-order valence-electron chi connectivity index (χ0n) is 16.0. The van der Waals surface area contributed by atoms with Gasteiger partial charge in [-0.15, -0.1) is 0 Å². The summed E-state index contributed by atoms with van der Waals surface area (Å²) in [6.45, 7) is 7.10. The van der Waals surface area contributed by atoms with E-state index in [2.05, 4.69) is 50.5 Å². The van der Waals surface area contributed by atoms with Gasteiger partial charge in [-0.25, -0.2) is 14.4 Å². The molecule has 1 aromatic rings. The molecule has 0 aliphatic heterocycles. The number of methoxy groups -OCH3 is 1. The first-order valence-electron chi connectivity index (χ1n) is 7.72. The summed E-state index contributed by atoms with van der Waals surface area (Å²) < 4.78 is 13.4. The molecule has 1 rings (SSSR count). The molecule has 2 N–H and O–H groups in total. The molecule has 0 aliphatic rings. The number of alkyl carbamates (subject to hydrolysis) is 2. The number of nitrogens with one attached hydrogen (secondary N) is 2. The number of carbonyl (C=O) groups is 3. The predicted molar refractivity (Wildman–Crippen MR) is 98.8 cm³/mol. The number of esters is 1. The molecule has 8 nitrogen and oxygen atoms in total. The molecule has 0 radical (unpaired) electrons. The molecule has 8 heteroatoms. The third-order valence-corrected chi connectivity index (χ3v) is 2.43. The van der Waals surface area contributed by atoms with E-state index in [0.29, 0.717) is 5.57 Å². The Hall–Kier alpha value is -3.03. The summed E-state index contributed by atoms with van der Waals surface area (Å²) in [5.41, 5.74) is 1.64. The van der Waals surface area contributed by atoms with Crippen LogP contribution in [-0.4, -0.2) is 52.6 Å². The van der Waals surface area contributed by atoms with E-state index in [9.17, 15) is 14.4 Å². The van der Waals surface area contributed by atoms with Gasteiger partial charge in [0.2, 0.25) is 0 Å². The highest BCUT2D eigenvalue weighted by Crippen LogP contribution is 1.92. The van der Waals surface area contributed by atoms with E-state index >= 15 is 0 Å². The first-order valence-corrected chi connectivity index (χ1v) is 7.72. The van der Waals surface area contributed by atoms with Crippen molar-refractivity contribution in [1.82, 2.24) is 10.6 Å². The maximum Gasteiger partial charge on any atom is 0.406 e. The lowest BCUT2D eigenvalue weighted by Crippen LogP contribution is -2.22. The number of benzene rings is 1. The minimum atomic E-state index is -0.550. The average Bonchev–Trinajstić information content (AvgIpc) is 2.65. The molecule has 0 atom stereocenters. The van der Waals surface area contributed by atoms with Crippen molar-refractivity contribution in [3.05, 3.63) is 48.0 Å². The number of hydrogen-bond donors (Lipinski definition) is 2. The fraction of sp³-hybridized carbons (Fsp3) is 0.389. The van der Waals surface area contributed by atoms with Gasteiger partial charge in [-0.05, 0) is 13.8 Å². The number of aryl methyl sites for hydroxylation is 1. The Morgan fingerprint density at radius 3 is 1.77 bits per heavy atom. The lowest BCUT2D eigenvalue weighted by molar-refractivity contribution is -0.139. The van der Waals surface area contributed by atoms with Gasteiger partial charge >= 0.3 is 18.2 Å². The van der Waals surface area contributed by atoms with Gasteiger partial charge in [0.25, 0.3) is 0 Å². The van der Waals surface area contributed by atoms with Crippen LogP contribution in [0.5, 0.6) is 0 Å². The second-order valence-corrected chi connectivity index (χ2v) is 4.70. The van der Waals surface area contributed by atoms with Gasteiger partial charge in [-0.1, -0.05) is 42.5 Å². The molecule has 0 heterocycles. The zero-order valence-corrected chi connectivity index (χ0v) is 16.0. The summed E-state index contributed by atoms with van der Waals surface area (Å²) in [7, 11) is 4.27. The molecule has 0 spiro atoms. The van der Waals surface area contributed by atoms with Crippen molar-refractivity contribution in [2.24, 2.45) is 0 Å². The van der Waals surface area contributed by atoms with Gasteiger partial charge in [0.05, 0.1) is 7.11 Å². The van der Waals surface area contributed by atoms with Crippen LogP contribution in [0.4, 0.5) is 9.59 Å². The normalized spacial score (nSPS) is 8.35. The minimum Gasteiger partial charge on any atom is -0.459 e. The van der Waals surface area contributed by atoms with E-state index in [-0.39, 0.29) is 13.2 Å². The number of amides is 2. The van der Waals surface area contributed by atoms with Crippen molar-refractivity contribution in [3.63, 3.8) is 0 Å². The van der Waals surface area contributed by atoms with E-state index in [0.717, 1.165) is 0 Å². The highest BCUT2D eigenvalue weighted by Gasteiger charge is 2.03. The largest absolute Gasteiger partial charge is 0.459 e. The van der Waals surface area contributed by atoms with Crippen LogP contribution in [0.1, 0.15) is 12.5 Å². The van der Waals surface area contributed by atoms with Gasteiger partial charge in [0.1, 0.15) is 13.2 Å². The molecule has 0 aliphatic carbocycles. The lowest BCUT2D eigenvalue weighted by Gasteiger charge is -2.04. The van der Waals surface area contributed by atoms with Crippen LogP contribution in [0, 0.1) is 6.92 Å². The summed E-state index contributed by atoms with van der Waals surface area (Å²) in [5, 5.41) is 4.51. The highest BCUT2D eigenvalue weighted by atomic mass is 16.6. The topological polar surface area (TPSA) is 103 Å². The Bertz CT molecular complexity index is 540. The number of rotatable bonds is 4. The van der Waals surface area contributed by atoms with Gasteiger partial charge in [-0.2, -0.15) is 0 Å². The summed E-state index contributed by atoms with van der Waals surface area (Å²) in [4.78, 5) is 31.1. The van der Waals surface area contributed by atoms with E-state index in [4.69, 9.17) is 0 Å². The number of hydrogen-bond acceptors (Lipinski definition) is 6. The van der Waals surface area contributed by atoms with Crippen molar-refractivity contribution in [1.29, 1.82) is 0 Å². The number of carbonyl (C=O) groups excluding carboxylic acids is 3. The monoisotopic (exact) mass is 368 g/mol. The van der Waals surface area contributed by atoms with Crippen molar-refractivity contribution in [2.45, 2.75) is 13.8 Å². The van der Waals surface area contributed by atoms with Crippen LogP contribution in [0.2, 0.25) is 0 Å². The quantitative estimate of drug-likeness (QED) is 0.366. The van der Waals surface area contributed by atoms with Crippen LogP contribution in [0.3, 0.4) is 0 Å². The molecule has 26 heavy (non-hydrogen) atoms. The van der Waals surface area contributed by atoms with Crippen LogP contribution >= 0.6 is 0 Å². The van der Waals surface area contributed by atoms with E-state index < -0.39 is 18.2 Å². The summed E-state index contributed by atoms with van der Waals surface area (Å²) in [5.74, 6) is -0.486. The first kappa shape index (κ1) is 25.2. The van der Waals surface area contributed by atoms with Crippen molar-refractivity contribution in [2.75, 3.05) is 34.4 Å². The summed E-state index contributed by atoms with van der Waals surface area (Å²) >= 11 is 0. The van der Waals surface area contributed by atoms with Crippen molar-refractivity contribution >= 4 is 18.2 Å². The van der Waals surface area contributed by atoms with E-state index in [1.165, 1.54) is 26.8 Å². The molecule has 146 valence electrons. The Kier molecular flexibility index (Phi) is 16.3.